The maximum Gasteiger partial charge on any atom is 0.246 e. The molecule has 0 aromatic heterocycles. The molecule has 10 heteroatoms. The van der Waals surface area contributed by atoms with E-state index in [0.29, 0.717) is 55.0 Å². The van der Waals surface area contributed by atoms with E-state index in [1.807, 2.05) is 12.1 Å². The lowest BCUT2D eigenvalue weighted by molar-refractivity contribution is 0.179. The molecule has 2 aromatic rings. The topological polar surface area (TPSA) is 77.5 Å². The molecule has 0 atom stereocenters. The summed E-state index contributed by atoms with van der Waals surface area (Å²) in [5.41, 5.74) is 0.938. The number of methoxy groups -OCH3 is 4. The number of hydrogen-bond acceptors (Lipinski definition) is 7. The molecule has 0 N–H and O–H groups in total. The Morgan fingerprint density at radius 1 is 0.839 bits per heavy atom. The first-order valence-corrected chi connectivity index (χ1v) is 11.5. The number of nitrogens with zero attached hydrogens (tertiary/aromatic N) is 2. The molecule has 0 unspecified atom stereocenters. The summed E-state index contributed by atoms with van der Waals surface area (Å²) in [5.74, 6) is 2.02. The first kappa shape index (κ1) is 23.5. The van der Waals surface area contributed by atoms with Crippen molar-refractivity contribution in [3.8, 4) is 23.0 Å². The van der Waals surface area contributed by atoms with Gasteiger partial charge in [-0.15, -0.1) is 0 Å². The van der Waals surface area contributed by atoms with Gasteiger partial charge in [0.05, 0.1) is 28.4 Å². The largest absolute Gasteiger partial charge is 0.495 e. The first-order valence-electron chi connectivity index (χ1n) is 9.69. The highest BCUT2D eigenvalue weighted by atomic mass is 35.5. The zero-order valence-electron chi connectivity index (χ0n) is 18.1. The third kappa shape index (κ3) is 4.85. The third-order valence-electron chi connectivity index (χ3n) is 5.25. The highest BCUT2D eigenvalue weighted by molar-refractivity contribution is 7.89. The predicted molar refractivity (Wildman–Crippen MR) is 118 cm³/mol. The van der Waals surface area contributed by atoms with Gasteiger partial charge in [0.2, 0.25) is 15.8 Å². The van der Waals surface area contributed by atoms with Crippen LogP contribution in [0.2, 0.25) is 5.02 Å². The average Bonchev–Trinajstić information content (AvgIpc) is 2.78. The second-order valence-electron chi connectivity index (χ2n) is 6.97. The number of ether oxygens (including phenoxy) is 4. The van der Waals surface area contributed by atoms with Gasteiger partial charge in [-0.2, -0.15) is 4.31 Å². The van der Waals surface area contributed by atoms with E-state index >= 15 is 0 Å². The van der Waals surface area contributed by atoms with E-state index in [-0.39, 0.29) is 10.6 Å². The fourth-order valence-corrected chi connectivity index (χ4v) is 5.49. The minimum Gasteiger partial charge on any atom is -0.495 e. The van der Waals surface area contributed by atoms with Crippen LogP contribution in [0.4, 0.5) is 0 Å². The summed E-state index contributed by atoms with van der Waals surface area (Å²) in [6.07, 6.45) is 0. The Hall–Kier alpha value is -2.20. The third-order valence-corrected chi connectivity index (χ3v) is 7.41. The molecule has 1 fully saturated rings. The van der Waals surface area contributed by atoms with Gasteiger partial charge < -0.3 is 18.9 Å². The average molecular weight is 471 g/mol. The van der Waals surface area contributed by atoms with Crippen LogP contribution in [-0.2, 0) is 16.6 Å². The van der Waals surface area contributed by atoms with E-state index < -0.39 is 10.0 Å². The molecule has 1 heterocycles. The maximum atomic E-state index is 13.2. The van der Waals surface area contributed by atoms with Gasteiger partial charge in [-0.3, -0.25) is 4.90 Å². The Kier molecular flexibility index (Phi) is 7.53. The van der Waals surface area contributed by atoms with Crippen LogP contribution in [0, 0.1) is 0 Å². The van der Waals surface area contributed by atoms with Gasteiger partial charge in [-0.1, -0.05) is 17.7 Å². The Balaban J connectivity index is 1.74. The molecular formula is C21H27ClN2O6S. The van der Waals surface area contributed by atoms with Crippen molar-refractivity contribution in [1.82, 2.24) is 9.21 Å². The molecule has 0 aliphatic carbocycles. The van der Waals surface area contributed by atoms with Crippen molar-refractivity contribution in [2.75, 3.05) is 54.6 Å². The Morgan fingerprint density at radius 2 is 1.45 bits per heavy atom. The Labute approximate surface area is 188 Å². The second kappa shape index (κ2) is 9.95. The van der Waals surface area contributed by atoms with Crippen molar-refractivity contribution in [1.29, 1.82) is 0 Å². The van der Waals surface area contributed by atoms with E-state index in [0.717, 1.165) is 5.56 Å². The normalized spacial score (nSPS) is 15.5. The maximum absolute atomic E-state index is 13.2. The molecular weight excluding hydrogens is 444 g/mol. The zero-order valence-corrected chi connectivity index (χ0v) is 19.6. The molecule has 0 radical (unpaired) electrons. The Morgan fingerprint density at radius 3 is 2.03 bits per heavy atom. The molecule has 0 spiro atoms. The van der Waals surface area contributed by atoms with Crippen LogP contribution in [0.25, 0.3) is 0 Å². The molecule has 1 aliphatic heterocycles. The van der Waals surface area contributed by atoms with Crippen LogP contribution in [-0.4, -0.2) is 72.2 Å². The Bertz CT molecular complexity index is 1020. The lowest BCUT2D eigenvalue weighted by atomic mass is 10.1. The minimum atomic E-state index is -3.72. The summed E-state index contributed by atoms with van der Waals surface area (Å²) in [7, 11) is 2.45. The highest BCUT2D eigenvalue weighted by Gasteiger charge is 2.31. The van der Waals surface area contributed by atoms with Crippen LogP contribution in [0.15, 0.2) is 35.2 Å². The van der Waals surface area contributed by atoms with Crippen LogP contribution in [0.1, 0.15) is 5.56 Å². The summed E-state index contributed by atoms with van der Waals surface area (Å²) >= 11 is 6.03. The zero-order chi connectivity index (χ0) is 22.6. The van der Waals surface area contributed by atoms with Gasteiger partial charge in [0.1, 0.15) is 10.6 Å². The van der Waals surface area contributed by atoms with Crippen molar-refractivity contribution in [2.45, 2.75) is 11.4 Å². The lowest BCUT2D eigenvalue weighted by Crippen LogP contribution is -2.48. The van der Waals surface area contributed by atoms with E-state index in [2.05, 4.69) is 4.90 Å². The fourth-order valence-electron chi connectivity index (χ4n) is 3.65. The van der Waals surface area contributed by atoms with Gasteiger partial charge in [0.15, 0.2) is 11.5 Å². The predicted octanol–water partition coefficient (Wildman–Crippen LogP) is 2.88. The highest BCUT2D eigenvalue weighted by Crippen LogP contribution is 2.40. The van der Waals surface area contributed by atoms with Crippen molar-refractivity contribution in [3.05, 3.63) is 40.9 Å². The second-order valence-corrected chi connectivity index (χ2v) is 9.31. The molecule has 170 valence electrons. The van der Waals surface area contributed by atoms with Crippen molar-refractivity contribution in [3.63, 3.8) is 0 Å². The summed E-state index contributed by atoms with van der Waals surface area (Å²) in [5, 5.41) is 0.346. The number of halogens is 1. The molecule has 0 saturated carbocycles. The number of hydrogen-bond donors (Lipinski definition) is 0. The van der Waals surface area contributed by atoms with Gasteiger partial charge >= 0.3 is 0 Å². The number of rotatable bonds is 8. The summed E-state index contributed by atoms with van der Waals surface area (Å²) in [6, 6.07) is 8.36. The van der Waals surface area contributed by atoms with Crippen molar-refractivity contribution in [2.24, 2.45) is 0 Å². The molecule has 3 rings (SSSR count). The van der Waals surface area contributed by atoms with E-state index in [1.165, 1.54) is 17.5 Å². The molecule has 0 amide bonds. The van der Waals surface area contributed by atoms with E-state index in [1.54, 1.807) is 33.5 Å². The smallest absolute Gasteiger partial charge is 0.246 e. The van der Waals surface area contributed by atoms with Crippen LogP contribution in [0.5, 0.6) is 23.0 Å². The molecule has 2 aromatic carbocycles. The monoisotopic (exact) mass is 470 g/mol. The SMILES string of the molecule is COc1ccc(Cl)cc1S(=O)(=O)N1CCN(Cc2ccc(OC)c(OC)c2OC)CC1. The number of sulfonamides is 1. The lowest BCUT2D eigenvalue weighted by Gasteiger charge is -2.34. The van der Waals surface area contributed by atoms with E-state index in [9.17, 15) is 8.42 Å². The molecule has 0 bridgehead atoms. The van der Waals surface area contributed by atoms with Gasteiger partial charge in [0, 0.05) is 43.3 Å². The minimum absolute atomic E-state index is 0.0810. The van der Waals surface area contributed by atoms with E-state index in [4.69, 9.17) is 30.5 Å². The van der Waals surface area contributed by atoms with Crippen molar-refractivity contribution < 1.29 is 27.4 Å². The molecule has 1 aliphatic rings. The number of piperazine rings is 1. The van der Waals surface area contributed by atoms with Gasteiger partial charge in [-0.05, 0) is 24.3 Å². The molecule has 1 saturated heterocycles. The number of benzene rings is 2. The standard InChI is InChI=1S/C21H27ClN2O6S/c1-27-17-8-6-16(22)13-19(17)31(25,26)24-11-9-23(10-12-24)14-15-5-7-18(28-2)21(30-4)20(15)29-3/h5-8,13H,9-12,14H2,1-4H3. The summed E-state index contributed by atoms with van der Waals surface area (Å²) in [6.45, 7) is 2.44. The molecule has 31 heavy (non-hydrogen) atoms. The molecule has 8 nitrogen and oxygen atoms in total. The van der Waals surface area contributed by atoms with Crippen LogP contribution >= 0.6 is 11.6 Å². The summed E-state index contributed by atoms with van der Waals surface area (Å²) in [4.78, 5) is 2.25. The first-order chi connectivity index (χ1) is 14.8. The van der Waals surface area contributed by atoms with Gasteiger partial charge in [0.25, 0.3) is 0 Å². The van der Waals surface area contributed by atoms with Gasteiger partial charge in [-0.25, -0.2) is 8.42 Å². The fraction of sp³-hybridized carbons (Fsp3) is 0.429. The van der Waals surface area contributed by atoms with Crippen LogP contribution in [0.3, 0.4) is 0 Å². The van der Waals surface area contributed by atoms with Crippen molar-refractivity contribution >= 4 is 21.6 Å². The quantitative estimate of drug-likeness (QED) is 0.587. The summed E-state index contributed by atoms with van der Waals surface area (Å²) < 4.78 is 49.4. The van der Waals surface area contributed by atoms with Crippen LogP contribution < -0.4 is 18.9 Å².